The van der Waals surface area contributed by atoms with E-state index in [0.717, 1.165) is 0 Å². The molecule has 1 atom stereocenters. The van der Waals surface area contributed by atoms with Crippen LogP contribution in [0, 0.1) is 12.3 Å². The van der Waals surface area contributed by atoms with E-state index in [2.05, 4.69) is 11.2 Å². The monoisotopic (exact) mass is 139 g/mol. The summed E-state index contributed by atoms with van der Waals surface area (Å²) in [6.45, 7) is 2.65. The molecule has 0 unspecified atom stereocenters. The third-order valence-corrected chi connectivity index (χ3v) is 0.921. The SMILES string of the molecule is C#C[C@H](NC(C)=O)C(C)=O. The molecule has 0 spiro atoms. The quantitative estimate of drug-likeness (QED) is 0.534. The molecule has 0 fully saturated rings. The lowest BCUT2D eigenvalue weighted by atomic mass is 10.2. The van der Waals surface area contributed by atoms with E-state index in [9.17, 15) is 9.59 Å². The first-order chi connectivity index (χ1) is 4.57. The molecule has 3 nitrogen and oxygen atoms in total. The van der Waals surface area contributed by atoms with Crippen LogP contribution in [0.3, 0.4) is 0 Å². The van der Waals surface area contributed by atoms with Gasteiger partial charge in [-0.25, -0.2) is 0 Å². The van der Waals surface area contributed by atoms with Crippen LogP contribution in [0.1, 0.15) is 13.8 Å². The summed E-state index contributed by atoms with van der Waals surface area (Å²) in [4.78, 5) is 20.9. The van der Waals surface area contributed by atoms with Crippen LogP contribution in [-0.4, -0.2) is 17.7 Å². The topological polar surface area (TPSA) is 46.2 Å². The normalized spacial score (nSPS) is 11.3. The van der Waals surface area contributed by atoms with E-state index >= 15 is 0 Å². The molecular formula is C7H9NO2. The van der Waals surface area contributed by atoms with Crippen LogP contribution in [0.2, 0.25) is 0 Å². The van der Waals surface area contributed by atoms with Crippen LogP contribution < -0.4 is 5.32 Å². The molecule has 0 saturated heterocycles. The van der Waals surface area contributed by atoms with Crippen LogP contribution >= 0.6 is 0 Å². The molecule has 54 valence electrons. The fourth-order valence-electron chi connectivity index (χ4n) is 0.464. The van der Waals surface area contributed by atoms with Crippen molar-refractivity contribution < 1.29 is 9.59 Å². The average molecular weight is 139 g/mol. The Morgan fingerprint density at radius 3 is 2.10 bits per heavy atom. The molecule has 0 aliphatic heterocycles. The third kappa shape index (κ3) is 2.88. The minimum Gasteiger partial charge on any atom is -0.336 e. The highest BCUT2D eigenvalue weighted by Crippen LogP contribution is 1.81. The zero-order valence-electron chi connectivity index (χ0n) is 5.97. The Kier molecular flexibility index (Phi) is 3.20. The van der Waals surface area contributed by atoms with Crippen molar-refractivity contribution >= 4 is 11.7 Å². The molecule has 0 aromatic heterocycles. The van der Waals surface area contributed by atoms with Crippen molar-refractivity contribution in [2.24, 2.45) is 0 Å². The number of rotatable bonds is 2. The highest BCUT2D eigenvalue weighted by atomic mass is 16.2. The molecule has 3 heteroatoms. The summed E-state index contributed by atoms with van der Waals surface area (Å²) in [6.07, 6.45) is 4.94. The van der Waals surface area contributed by atoms with Gasteiger partial charge in [-0.3, -0.25) is 9.59 Å². The summed E-state index contributed by atoms with van der Waals surface area (Å²) in [5, 5.41) is 2.30. The first-order valence-corrected chi connectivity index (χ1v) is 2.81. The second kappa shape index (κ2) is 3.67. The molecule has 0 aliphatic carbocycles. The number of Topliss-reactive ketones (excluding diaryl/α,β-unsaturated/α-hetero) is 1. The van der Waals surface area contributed by atoms with Crippen LogP contribution in [0.4, 0.5) is 0 Å². The minimum atomic E-state index is -0.766. The third-order valence-electron chi connectivity index (χ3n) is 0.921. The summed E-state index contributed by atoms with van der Waals surface area (Å²) in [5.74, 6) is 1.63. The number of amides is 1. The molecule has 0 aromatic carbocycles. The zero-order valence-corrected chi connectivity index (χ0v) is 5.97. The van der Waals surface area contributed by atoms with Crippen molar-refractivity contribution in [2.75, 3.05) is 0 Å². The highest BCUT2D eigenvalue weighted by Gasteiger charge is 2.09. The maximum Gasteiger partial charge on any atom is 0.218 e. The average Bonchev–Trinajstić information content (AvgIpc) is 1.81. The molecule has 0 aromatic rings. The Morgan fingerprint density at radius 2 is 2.00 bits per heavy atom. The first kappa shape index (κ1) is 8.70. The minimum absolute atomic E-state index is 0.224. The van der Waals surface area contributed by atoms with Crippen LogP contribution in [0.5, 0.6) is 0 Å². The molecule has 0 heterocycles. The van der Waals surface area contributed by atoms with Gasteiger partial charge in [-0.05, 0) is 6.92 Å². The van der Waals surface area contributed by atoms with Gasteiger partial charge in [-0.2, -0.15) is 0 Å². The van der Waals surface area contributed by atoms with Gasteiger partial charge in [-0.15, -0.1) is 6.42 Å². The Labute approximate surface area is 59.8 Å². The maximum atomic E-state index is 10.6. The maximum absolute atomic E-state index is 10.6. The lowest BCUT2D eigenvalue weighted by Crippen LogP contribution is -2.36. The van der Waals surface area contributed by atoms with Gasteiger partial charge in [0.2, 0.25) is 5.91 Å². The second-order valence-electron chi connectivity index (χ2n) is 1.91. The zero-order chi connectivity index (χ0) is 8.15. The van der Waals surface area contributed by atoms with E-state index in [4.69, 9.17) is 6.42 Å². The molecule has 1 N–H and O–H groups in total. The van der Waals surface area contributed by atoms with Crippen molar-refractivity contribution in [3.8, 4) is 12.3 Å². The molecular weight excluding hydrogens is 130 g/mol. The predicted octanol–water partition coefficient (Wildman–Crippen LogP) is -0.287. The largest absolute Gasteiger partial charge is 0.336 e. The summed E-state index contributed by atoms with van der Waals surface area (Å²) in [5.41, 5.74) is 0. The van der Waals surface area contributed by atoms with E-state index in [1.807, 2.05) is 0 Å². The van der Waals surface area contributed by atoms with E-state index in [0.29, 0.717) is 0 Å². The van der Waals surface area contributed by atoms with Crippen molar-refractivity contribution in [3.05, 3.63) is 0 Å². The standard InChI is InChI=1S/C7H9NO2/c1-4-7(5(2)9)8-6(3)10/h1,7H,2-3H3,(H,8,10)/t7-/m0/s1. The number of ketones is 1. The highest BCUT2D eigenvalue weighted by molar-refractivity contribution is 5.89. The number of carbonyl (C=O) groups is 2. The van der Waals surface area contributed by atoms with Crippen molar-refractivity contribution in [2.45, 2.75) is 19.9 Å². The van der Waals surface area contributed by atoms with Crippen LogP contribution in [0.25, 0.3) is 0 Å². The van der Waals surface area contributed by atoms with E-state index < -0.39 is 6.04 Å². The lowest BCUT2D eigenvalue weighted by Gasteiger charge is -2.05. The molecule has 0 rings (SSSR count). The Balaban J connectivity index is 4.00. The second-order valence-corrected chi connectivity index (χ2v) is 1.91. The number of terminal acetylenes is 1. The van der Waals surface area contributed by atoms with Crippen molar-refractivity contribution in [3.63, 3.8) is 0 Å². The van der Waals surface area contributed by atoms with Crippen LogP contribution in [0.15, 0.2) is 0 Å². The fraction of sp³-hybridized carbons (Fsp3) is 0.429. The fourth-order valence-corrected chi connectivity index (χ4v) is 0.464. The van der Waals surface area contributed by atoms with Crippen molar-refractivity contribution in [1.82, 2.24) is 5.32 Å². The molecule has 0 radical (unpaired) electrons. The summed E-state index contributed by atoms with van der Waals surface area (Å²) in [6, 6.07) is -0.766. The Morgan fingerprint density at radius 1 is 1.50 bits per heavy atom. The van der Waals surface area contributed by atoms with Gasteiger partial charge in [0.25, 0.3) is 0 Å². The first-order valence-electron chi connectivity index (χ1n) is 2.81. The van der Waals surface area contributed by atoms with Gasteiger partial charge in [0, 0.05) is 6.92 Å². The van der Waals surface area contributed by atoms with Crippen molar-refractivity contribution in [1.29, 1.82) is 0 Å². The number of hydrogen-bond acceptors (Lipinski definition) is 2. The summed E-state index contributed by atoms with van der Waals surface area (Å²) < 4.78 is 0. The van der Waals surface area contributed by atoms with E-state index in [1.54, 1.807) is 0 Å². The number of nitrogens with one attached hydrogen (secondary N) is 1. The Bertz CT molecular complexity index is 190. The van der Waals surface area contributed by atoms with Gasteiger partial charge in [0.15, 0.2) is 5.78 Å². The van der Waals surface area contributed by atoms with Gasteiger partial charge >= 0.3 is 0 Å². The van der Waals surface area contributed by atoms with Gasteiger partial charge < -0.3 is 5.32 Å². The van der Waals surface area contributed by atoms with E-state index in [-0.39, 0.29) is 11.7 Å². The van der Waals surface area contributed by atoms with E-state index in [1.165, 1.54) is 13.8 Å². The molecule has 10 heavy (non-hydrogen) atoms. The molecule has 0 aliphatic rings. The molecule has 1 amide bonds. The summed E-state index contributed by atoms with van der Waals surface area (Å²) >= 11 is 0. The van der Waals surface area contributed by atoms with Crippen LogP contribution in [-0.2, 0) is 9.59 Å². The molecule has 0 saturated carbocycles. The number of carbonyl (C=O) groups excluding carboxylic acids is 2. The molecule has 0 bridgehead atoms. The lowest BCUT2D eigenvalue weighted by molar-refractivity contribution is -0.124. The predicted molar refractivity (Wildman–Crippen MR) is 37.1 cm³/mol. The van der Waals surface area contributed by atoms with Gasteiger partial charge in [0.05, 0.1) is 0 Å². The Hall–Kier alpha value is -1.30. The van der Waals surface area contributed by atoms with Gasteiger partial charge in [-0.1, -0.05) is 5.92 Å². The number of hydrogen-bond donors (Lipinski definition) is 1. The smallest absolute Gasteiger partial charge is 0.218 e. The van der Waals surface area contributed by atoms with Gasteiger partial charge in [0.1, 0.15) is 6.04 Å². The summed E-state index contributed by atoms with van der Waals surface area (Å²) in [7, 11) is 0.